The third-order valence-electron chi connectivity index (χ3n) is 10.3. The predicted octanol–water partition coefficient (Wildman–Crippen LogP) is 5.74. The first kappa shape index (κ1) is 28.4. The quantitative estimate of drug-likeness (QED) is 0.135. The molecule has 224 valence electrons. The van der Waals surface area contributed by atoms with Crippen molar-refractivity contribution in [3.8, 4) is 0 Å². The average Bonchev–Trinajstić information content (AvgIpc) is 3.04. The van der Waals surface area contributed by atoms with E-state index in [-0.39, 0.29) is 25.0 Å². The Labute approximate surface area is 254 Å². The molecule has 5 aromatic carbocycles. The number of nitrogens with zero attached hydrogens (tertiary/aromatic N) is 2. The molecule has 0 radical (unpaired) electrons. The van der Waals surface area contributed by atoms with Crippen molar-refractivity contribution in [3.63, 3.8) is 0 Å². The molecule has 4 atom stereocenters. The highest BCUT2D eigenvalue weighted by Gasteiger charge is 2.42. The SMILES string of the molecule is CCC(C)C(CO)N1C(=O)c2ccc3c4ccc5c6c(ccc(c7ccc(c2c37)C1=O)c64)C(=O)N(C(CO)C(C)CC)C5=O. The van der Waals surface area contributed by atoms with Gasteiger partial charge in [-0.15, -0.1) is 0 Å². The van der Waals surface area contributed by atoms with Gasteiger partial charge < -0.3 is 10.2 Å². The molecule has 0 bridgehead atoms. The Morgan fingerprint density at radius 2 is 0.773 bits per heavy atom. The van der Waals surface area contributed by atoms with E-state index in [4.69, 9.17) is 0 Å². The van der Waals surface area contributed by atoms with Crippen molar-refractivity contribution in [3.05, 3.63) is 70.8 Å². The van der Waals surface area contributed by atoms with Crippen molar-refractivity contribution in [2.45, 2.75) is 52.6 Å². The van der Waals surface area contributed by atoms with E-state index >= 15 is 0 Å². The van der Waals surface area contributed by atoms with Crippen molar-refractivity contribution in [2.24, 2.45) is 11.8 Å². The maximum atomic E-state index is 13.9. The van der Waals surface area contributed by atoms with Gasteiger partial charge in [0.15, 0.2) is 0 Å². The molecule has 0 spiro atoms. The molecule has 2 aliphatic heterocycles. The van der Waals surface area contributed by atoms with Crippen molar-refractivity contribution >= 4 is 66.7 Å². The monoisotopic (exact) mass is 590 g/mol. The van der Waals surface area contributed by atoms with Gasteiger partial charge in [0.1, 0.15) is 0 Å². The first-order chi connectivity index (χ1) is 21.2. The molecule has 0 aliphatic carbocycles. The highest BCUT2D eigenvalue weighted by atomic mass is 16.3. The number of amides is 4. The van der Waals surface area contributed by atoms with Crippen LogP contribution in [0, 0.1) is 11.8 Å². The van der Waals surface area contributed by atoms with Gasteiger partial charge in [0.2, 0.25) is 0 Å². The lowest BCUT2D eigenvalue weighted by Crippen LogP contribution is -2.51. The molecule has 8 nitrogen and oxygen atoms in total. The van der Waals surface area contributed by atoms with Crippen LogP contribution in [-0.4, -0.2) is 68.9 Å². The molecule has 0 saturated carbocycles. The molecule has 2 heterocycles. The number of hydrogen-bond donors (Lipinski definition) is 2. The molecule has 2 N–H and O–H groups in total. The summed E-state index contributed by atoms with van der Waals surface area (Å²) >= 11 is 0. The van der Waals surface area contributed by atoms with E-state index in [1.54, 1.807) is 24.3 Å². The fourth-order valence-electron chi connectivity index (χ4n) is 7.48. The number of rotatable bonds is 8. The second-order valence-corrected chi connectivity index (χ2v) is 12.4. The summed E-state index contributed by atoms with van der Waals surface area (Å²) < 4.78 is 0. The molecule has 5 aromatic rings. The topological polar surface area (TPSA) is 115 Å². The number of aliphatic hydroxyl groups excluding tert-OH is 2. The molecular weight excluding hydrogens is 556 g/mol. The minimum absolute atomic E-state index is 0.0759. The zero-order valence-electron chi connectivity index (χ0n) is 25.2. The van der Waals surface area contributed by atoms with E-state index < -0.39 is 35.7 Å². The zero-order valence-corrected chi connectivity index (χ0v) is 25.2. The van der Waals surface area contributed by atoms with Gasteiger partial charge >= 0.3 is 0 Å². The second kappa shape index (κ2) is 10.1. The summed E-state index contributed by atoms with van der Waals surface area (Å²) in [5.41, 5.74) is 1.66. The van der Waals surface area contributed by atoms with Crippen LogP contribution >= 0.6 is 0 Å². The lowest BCUT2D eigenvalue weighted by Gasteiger charge is -2.37. The number of hydrogen-bond acceptors (Lipinski definition) is 6. The summed E-state index contributed by atoms with van der Waals surface area (Å²) in [7, 11) is 0. The maximum Gasteiger partial charge on any atom is 0.261 e. The smallest absolute Gasteiger partial charge is 0.261 e. The molecular formula is C36H34N2O6. The van der Waals surface area contributed by atoms with Gasteiger partial charge in [-0.3, -0.25) is 29.0 Å². The fourth-order valence-corrected chi connectivity index (χ4v) is 7.48. The van der Waals surface area contributed by atoms with Crippen LogP contribution in [0.2, 0.25) is 0 Å². The normalized spacial score (nSPS) is 17.9. The Hall–Kier alpha value is -4.40. The van der Waals surface area contributed by atoms with E-state index in [2.05, 4.69) is 0 Å². The van der Waals surface area contributed by atoms with Crippen molar-refractivity contribution in [2.75, 3.05) is 13.2 Å². The molecule has 44 heavy (non-hydrogen) atoms. The van der Waals surface area contributed by atoms with Gasteiger partial charge in [-0.2, -0.15) is 0 Å². The lowest BCUT2D eigenvalue weighted by molar-refractivity contribution is 0.0380. The van der Waals surface area contributed by atoms with Crippen LogP contribution in [-0.2, 0) is 0 Å². The highest BCUT2D eigenvalue weighted by molar-refractivity contribution is 6.41. The van der Waals surface area contributed by atoms with Gasteiger partial charge in [-0.25, -0.2) is 0 Å². The Morgan fingerprint density at radius 1 is 0.500 bits per heavy atom. The van der Waals surface area contributed by atoms with Crippen LogP contribution in [0.15, 0.2) is 48.5 Å². The van der Waals surface area contributed by atoms with E-state index in [1.165, 1.54) is 9.80 Å². The summed E-state index contributed by atoms with van der Waals surface area (Å²) in [6.07, 6.45) is 1.41. The zero-order chi connectivity index (χ0) is 31.2. The fraction of sp³-hybridized carbons (Fsp3) is 0.333. The van der Waals surface area contributed by atoms with Crippen LogP contribution < -0.4 is 0 Å². The van der Waals surface area contributed by atoms with E-state index in [0.717, 1.165) is 32.3 Å². The summed E-state index contributed by atoms with van der Waals surface area (Å²) in [5.74, 6) is -1.83. The van der Waals surface area contributed by atoms with Crippen molar-refractivity contribution in [1.82, 2.24) is 9.80 Å². The maximum absolute atomic E-state index is 13.9. The first-order valence-corrected chi connectivity index (χ1v) is 15.4. The molecule has 4 amide bonds. The van der Waals surface area contributed by atoms with E-state index in [9.17, 15) is 29.4 Å². The molecule has 0 saturated heterocycles. The largest absolute Gasteiger partial charge is 0.394 e. The average molecular weight is 591 g/mol. The van der Waals surface area contributed by atoms with Gasteiger partial charge in [-0.1, -0.05) is 64.8 Å². The summed E-state index contributed by atoms with van der Waals surface area (Å²) in [4.78, 5) is 58.0. The number of fused-ring (bicyclic) bond motifs is 2. The van der Waals surface area contributed by atoms with Crippen LogP contribution in [0.5, 0.6) is 0 Å². The Balaban J connectivity index is 1.50. The highest BCUT2D eigenvalue weighted by Crippen LogP contribution is 2.46. The molecule has 8 heteroatoms. The molecule has 4 unspecified atom stereocenters. The van der Waals surface area contributed by atoms with Gasteiger partial charge in [0, 0.05) is 33.0 Å². The van der Waals surface area contributed by atoms with Crippen molar-refractivity contribution < 1.29 is 29.4 Å². The third-order valence-corrected chi connectivity index (χ3v) is 10.3. The Kier molecular flexibility index (Phi) is 6.50. The molecule has 0 aromatic heterocycles. The Bertz CT molecular complexity index is 1800. The minimum Gasteiger partial charge on any atom is -0.394 e. The summed E-state index contributed by atoms with van der Waals surface area (Å²) in [6.45, 7) is 7.16. The minimum atomic E-state index is -0.632. The summed E-state index contributed by atoms with van der Waals surface area (Å²) in [6, 6.07) is 13.2. The van der Waals surface area contributed by atoms with Crippen LogP contribution in [0.3, 0.4) is 0 Å². The number of imide groups is 2. The lowest BCUT2D eigenvalue weighted by atomic mass is 9.81. The number of carbonyl (C=O) groups is 4. The molecule has 2 aliphatic rings. The number of benzene rings is 5. The van der Waals surface area contributed by atoms with Crippen LogP contribution in [0.25, 0.3) is 43.1 Å². The molecule has 0 fully saturated rings. The standard InChI is InChI=1S/C36H34N2O6/c1-5-17(3)27(15-39)37-33(41)23-11-7-19-21-9-13-25-32-26(36(44)38(35(25)43)28(16-40)18(4)6-2)14-10-22(30(21)32)20-8-12-24(34(37)42)31(23)29(19)20/h7-14,17-18,27-28,39-40H,5-6,15-16H2,1-4H3. The van der Waals surface area contributed by atoms with Crippen LogP contribution in [0.1, 0.15) is 82.0 Å². The first-order valence-electron chi connectivity index (χ1n) is 15.4. The van der Waals surface area contributed by atoms with Gasteiger partial charge in [0.25, 0.3) is 23.6 Å². The third kappa shape index (κ3) is 3.52. The van der Waals surface area contributed by atoms with E-state index in [1.807, 2.05) is 52.0 Å². The van der Waals surface area contributed by atoms with Crippen LogP contribution in [0.4, 0.5) is 0 Å². The van der Waals surface area contributed by atoms with Gasteiger partial charge in [-0.05, 0) is 68.4 Å². The predicted molar refractivity (Wildman–Crippen MR) is 169 cm³/mol. The van der Waals surface area contributed by atoms with Gasteiger partial charge in [0.05, 0.1) is 25.3 Å². The number of aliphatic hydroxyl groups is 2. The summed E-state index contributed by atoms with van der Waals surface area (Å²) in [5, 5.41) is 26.4. The number of carbonyl (C=O) groups excluding carboxylic acids is 4. The van der Waals surface area contributed by atoms with Crippen molar-refractivity contribution in [1.29, 1.82) is 0 Å². The van der Waals surface area contributed by atoms with E-state index in [0.29, 0.717) is 45.9 Å². The second-order valence-electron chi connectivity index (χ2n) is 12.4. The Morgan fingerprint density at radius 3 is 1.00 bits per heavy atom. The molecule has 7 rings (SSSR count).